The molecule has 2 heterocycles. The Morgan fingerprint density at radius 2 is 2.00 bits per heavy atom. The van der Waals surface area contributed by atoms with Gasteiger partial charge in [0.25, 0.3) is 5.91 Å². The minimum absolute atomic E-state index is 0.0260. The van der Waals surface area contributed by atoms with Crippen LogP contribution in [0.15, 0.2) is 42.5 Å². The highest BCUT2D eigenvalue weighted by Gasteiger charge is 2.34. The molecule has 0 radical (unpaired) electrons. The maximum Gasteiger partial charge on any atom is 0.258 e. The number of benzene rings is 2. The van der Waals surface area contributed by atoms with E-state index in [4.69, 9.17) is 9.47 Å². The van der Waals surface area contributed by atoms with Crippen molar-refractivity contribution in [2.45, 2.75) is 25.8 Å². The van der Waals surface area contributed by atoms with E-state index in [2.05, 4.69) is 19.1 Å². The topological polar surface area (TPSA) is 38.8 Å². The molecule has 0 aliphatic carbocycles. The number of amides is 1. The molecule has 2 aliphatic rings. The second-order valence-corrected chi connectivity index (χ2v) is 6.05. The fourth-order valence-electron chi connectivity index (χ4n) is 3.55. The summed E-state index contributed by atoms with van der Waals surface area (Å²) < 4.78 is 10.9. The molecule has 0 N–H and O–H groups in total. The first-order valence-electron chi connectivity index (χ1n) is 8.01. The van der Waals surface area contributed by atoms with Gasteiger partial charge in [-0.25, -0.2) is 0 Å². The van der Waals surface area contributed by atoms with Crippen LogP contribution in [0.1, 0.15) is 40.4 Å². The van der Waals surface area contributed by atoms with E-state index in [-0.39, 0.29) is 18.7 Å². The summed E-state index contributed by atoms with van der Waals surface area (Å²) in [5, 5.41) is 0. The summed E-state index contributed by atoms with van der Waals surface area (Å²) in [6.07, 6.45) is 2.03. The lowest BCUT2D eigenvalue weighted by Crippen LogP contribution is -2.31. The van der Waals surface area contributed by atoms with Gasteiger partial charge in [-0.15, -0.1) is 0 Å². The Morgan fingerprint density at radius 3 is 2.87 bits per heavy atom. The molecule has 4 rings (SSSR count). The summed E-state index contributed by atoms with van der Waals surface area (Å²) in [5.74, 6) is 1.26. The van der Waals surface area contributed by atoms with E-state index < -0.39 is 0 Å². The third-order valence-electron chi connectivity index (χ3n) is 4.69. The molecule has 1 unspecified atom stereocenters. The number of hydrogen-bond acceptors (Lipinski definition) is 3. The van der Waals surface area contributed by atoms with Gasteiger partial charge < -0.3 is 14.4 Å². The Morgan fingerprint density at radius 1 is 1.13 bits per heavy atom. The molecule has 0 aromatic heterocycles. The van der Waals surface area contributed by atoms with Crippen LogP contribution in [0.4, 0.5) is 0 Å². The molecule has 23 heavy (non-hydrogen) atoms. The Hall–Kier alpha value is -2.49. The van der Waals surface area contributed by atoms with Gasteiger partial charge in [-0.2, -0.15) is 0 Å². The zero-order chi connectivity index (χ0) is 15.8. The normalized spacial score (nSPS) is 19.2. The molecule has 2 aliphatic heterocycles. The van der Waals surface area contributed by atoms with E-state index >= 15 is 0 Å². The molecule has 2 aromatic rings. The number of ether oxygens (including phenoxy) is 2. The third-order valence-corrected chi connectivity index (χ3v) is 4.69. The van der Waals surface area contributed by atoms with Gasteiger partial charge in [-0.05, 0) is 43.0 Å². The predicted molar refractivity (Wildman–Crippen MR) is 86.8 cm³/mol. The van der Waals surface area contributed by atoms with Crippen molar-refractivity contribution < 1.29 is 14.3 Å². The number of hydrogen-bond donors (Lipinski definition) is 0. The highest BCUT2D eigenvalue weighted by molar-refractivity contribution is 5.98. The van der Waals surface area contributed by atoms with Crippen LogP contribution >= 0.6 is 0 Å². The van der Waals surface area contributed by atoms with Crippen molar-refractivity contribution >= 4 is 5.91 Å². The van der Waals surface area contributed by atoms with Gasteiger partial charge in [-0.3, -0.25) is 4.79 Å². The van der Waals surface area contributed by atoms with Crippen LogP contribution in [-0.4, -0.2) is 24.1 Å². The quantitative estimate of drug-likeness (QED) is 0.849. The van der Waals surface area contributed by atoms with Gasteiger partial charge in [0.05, 0.1) is 11.6 Å². The molecular formula is C19H19NO3. The zero-order valence-corrected chi connectivity index (χ0v) is 13.1. The number of fused-ring (bicyclic) bond motifs is 1. The lowest BCUT2D eigenvalue weighted by molar-refractivity contribution is 0.0730. The number of carbonyl (C=O) groups excluding carboxylic acids is 1. The first kappa shape index (κ1) is 14.1. The van der Waals surface area contributed by atoms with Gasteiger partial charge in [0.2, 0.25) is 6.79 Å². The Balaban J connectivity index is 1.69. The van der Waals surface area contributed by atoms with E-state index in [1.807, 2.05) is 35.2 Å². The van der Waals surface area contributed by atoms with Crippen molar-refractivity contribution in [3.63, 3.8) is 0 Å². The summed E-state index contributed by atoms with van der Waals surface area (Å²) in [5.41, 5.74) is 3.07. The fraction of sp³-hybridized carbons (Fsp3) is 0.316. The number of aryl methyl sites for hydroxylation is 1. The smallest absolute Gasteiger partial charge is 0.258 e. The second kappa shape index (κ2) is 5.61. The lowest BCUT2D eigenvalue weighted by atomic mass is 9.99. The fourth-order valence-corrected chi connectivity index (χ4v) is 3.55. The molecule has 1 amide bonds. The largest absolute Gasteiger partial charge is 0.454 e. The second-order valence-electron chi connectivity index (χ2n) is 6.05. The van der Waals surface area contributed by atoms with Crippen molar-refractivity contribution in [3.05, 3.63) is 59.2 Å². The van der Waals surface area contributed by atoms with E-state index in [0.717, 1.165) is 19.4 Å². The average molecular weight is 309 g/mol. The monoisotopic (exact) mass is 309 g/mol. The SMILES string of the molecule is Cc1ccccc1C1CCCN1C(=O)c1cccc2c1OCO2. The molecule has 118 valence electrons. The number of carbonyl (C=O) groups is 1. The molecule has 0 bridgehead atoms. The summed E-state index contributed by atoms with van der Waals surface area (Å²) >= 11 is 0. The van der Waals surface area contributed by atoms with Crippen molar-refractivity contribution in [1.82, 2.24) is 4.90 Å². The van der Waals surface area contributed by atoms with Crippen LogP contribution in [0.5, 0.6) is 11.5 Å². The van der Waals surface area contributed by atoms with Gasteiger partial charge in [0.15, 0.2) is 11.5 Å². The third kappa shape index (κ3) is 2.34. The summed E-state index contributed by atoms with van der Waals surface area (Å²) in [6, 6.07) is 14.0. The predicted octanol–water partition coefficient (Wildman–Crippen LogP) is 3.70. The molecule has 0 saturated carbocycles. The van der Waals surface area contributed by atoms with Gasteiger partial charge >= 0.3 is 0 Å². The average Bonchev–Trinajstić information content (AvgIpc) is 3.23. The van der Waals surface area contributed by atoms with E-state index in [1.165, 1.54) is 11.1 Å². The molecule has 4 heteroatoms. The molecular weight excluding hydrogens is 290 g/mol. The summed E-state index contributed by atoms with van der Waals surface area (Å²) in [6.45, 7) is 3.07. The highest BCUT2D eigenvalue weighted by Crippen LogP contribution is 2.39. The van der Waals surface area contributed by atoms with Crippen LogP contribution in [0, 0.1) is 6.92 Å². The van der Waals surface area contributed by atoms with E-state index in [9.17, 15) is 4.79 Å². The van der Waals surface area contributed by atoms with Crippen LogP contribution in [0.25, 0.3) is 0 Å². The van der Waals surface area contributed by atoms with Crippen molar-refractivity contribution in [1.29, 1.82) is 0 Å². The van der Waals surface area contributed by atoms with Gasteiger partial charge in [-0.1, -0.05) is 30.3 Å². The minimum atomic E-state index is 0.0260. The summed E-state index contributed by atoms with van der Waals surface area (Å²) in [4.78, 5) is 15.1. The maximum absolute atomic E-state index is 13.1. The number of likely N-dealkylation sites (tertiary alicyclic amines) is 1. The van der Waals surface area contributed by atoms with Crippen molar-refractivity contribution in [3.8, 4) is 11.5 Å². The number of para-hydroxylation sites is 1. The number of rotatable bonds is 2. The Labute approximate surface area is 135 Å². The molecule has 1 atom stereocenters. The lowest BCUT2D eigenvalue weighted by Gasteiger charge is -2.26. The molecule has 2 aromatic carbocycles. The van der Waals surface area contributed by atoms with Crippen LogP contribution in [0.3, 0.4) is 0 Å². The molecule has 1 fully saturated rings. The Bertz CT molecular complexity index is 756. The van der Waals surface area contributed by atoms with Gasteiger partial charge in [0, 0.05) is 6.54 Å². The number of nitrogens with zero attached hydrogens (tertiary/aromatic N) is 1. The van der Waals surface area contributed by atoms with Crippen LogP contribution < -0.4 is 9.47 Å². The maximum atomic E-state index is 13.1. The first-order valence-corrected chi connectivity index (χ1v) is 8.01. The van der Waals surface area contributed by atoms with E-state index in [1.54, 1.807) is 0 Å². The van der Waals surface area contributed by atoms with Crippen molar-refractivity contribution in [2.75, 3.05) is 13.3 Å². The molecule has 1 saturated heterocycles. The summed E-state index contributed by atoms with van der Waals surface area (Å²) in [7, 11) is 0. The van der Waals surface area contributed by atoms with Crippen LogP contribution in [0.2, 0.25) is 0 Å². The molecule has 4 nitrogen and oxygen atoms in total. The standard InChI is InChI=1S/C19H19NO3/c1-13-6-2-3-7-14(13)16-9-5-11-20(16)19(21)15-8-4-10-17-18(15)23-12-22-17/h2-4,6-8,10,16H,5,9,11-12H2,1H3. The zero-order valence-electron chi connectivity index (χ0n) is 13.1. The van der Waals surface area contributed by atoms with Crippen LogP contribution in [-0.2, 0) is 0 Å². The molecule has 0 spiro atoms. The Kier molecular flexibility index (Phi) is 3.45. The van der Waals surface area contributed by atoms with E-state index in [0.29, 0.717) is 17.1 Å². The van der Waals surface area contributed by atoms with Crippen molar-refractivity contribution in [2.24, 2.45) is 0 Å². The highest BCUT2D eigenvalue weighted by atomic mass is 16.7. The van der Waals surface area contributed by atoms with Gasteiger partial charge in [0.1, 0.15) is 0 Å². The minimum Gasteiger partial charge on any atom is -0.454 e. The first-order chi connectivity index (χ1) is 11.3.